The van der Waals surface area contributed by atoms with Crippen molar-refractivity contribution in [2.75, 3.05) is 6.61 Å². The zero-order valence-electron chi connectivity index (χ0n) is 39.6. The Morgan fingerprint density at radius 3 is 1.14 bits per heavy atom. The molecule has 0 aromatic heterocycles. The van der Waals surface area contributed by atoms with Gasteiger partial charge in [0, 0.05) is 0 Å². The molecule has 14 nitrogen and oxygen atoms in total. The molecule has 1 saturated carbocycles. The second-order valence-corrected chi connectivity index (χ2v) is 20.1. The summed E-state index contributed by atoms with van der Waals surface area (Å²) in [5.41, 5.74) is 0. The van der Waals surface area contributed by atoms with Gasteiger partial charge in [-0.05, 0) is 12.8 Å². The van der Waals surface area contributed by atoms with E-state index >= 15 is 0 Å². The third-order valence-electron chi connectivity index (χ3n) is 12.9. The average Bonchev–Trinajstić information content (AvgIpc) is 3.27. The first-order chi connectivity index (χ1) is 30.3. The van der Waals surface area contributed by atoms with Crippen LogP contribution in [0.4, 0.5) is 0 Å². The van der Waals surface area contributed by atoms with Crippen LogP contribution in [-0.2, 0) is 18.4 Å². The van der Waals surface area contributed by atoms with Gasteiger partial charge in [0.1, 0.15) is 48.8 Å². The minimum Gasteiger partial charge on any atom is -0.390 e. The number of carbonyl (C=O) groups excluding carboxylic acids is 1. The lowest BCUT2D eigenvalue weighted by atomic mass is 9.85. The van der Waals surface area contributed by atoms with Crippen LogP contribution in [0.2, 0.25) is 0 Å². The van der Waals surface area contributed by atoms with E-state index in [1.54, 1.807) is 0 Å². The van der Waals surface area contributed by atoms with Gasteiger partial charge in [0.2, 0.25) is 5.91 Å². The molecule has 0 heterocycles. The van der Waals surface area contributed by atoms with Crippen molar-refractivity contribution in [2.45, 2.75) is 293 Å². The second kappa shape index (κ2) is 38.3. The monoisotopic (exact) mass is 926 g/mol. The summed E-state index contributed by atoms with van der Waals surface area (Å²) in [5.74, 6) is -0.856. The second-order valence-electron chi connectivity index (χ2n) is 18.7. The molecule has 0 aliphatic heterocycles. The number of phosphoric acid groups is 1. The number of hydrogen-bond acceptors (Lipinski definition) is 12. The predicted octanol–water partition coefficient (Wildman–Crippen LogP) is 8.18. The van der Waals surface area contributed by atoms with Gasteiger partial charge in [-0.2, -0.15) is 0 Å². The van der Waals surface area contributed by atoms with Crippen molar-refractivity contribution in [2.24, 2.45) is 0 Å². The molecule has 3 unspecified atom stereocenters. The lowest BCUT2D eigenvalue weighted by molar-refractivity contribution is -0.220. The number of nitrogens with one attached hydrogen (secondary N) is 1. The summed E-state index contributed by atoms with van der Waals surface area (Å²) in [6.07, 6.45) is 21.8. The van der Waals surface area contributed by atoms with E-state index < -0.39 is 81.3 Å². The van der Waals surface area contributed by atoms with Crippen LogP contribution in [0.1, 0.15) is 232 Å². The van der Waals surface area contributed by atoms with E-state index in [0.29, 0.717) is 12.8 Å². The maximum atomic E-state index is 13.1. The molecule has 0 spiro atoms. The smallest absolute Gasteiger partial charge is 0.390 e. The van der Waals surface area contributed by atoms with Gasteiger partial charge in [0.05, 0.1) is 18.8 Å². The molecule has 0 radical (unpaired) electrons. The summed E-state index contributed by atoms with van der Waals surface area (Å²) in [7, 11) is -5.23. The maximum Gasteiger partial charge on any atom is 0.472 e. The predicted molar refractivity (Wildman–Crippen MR) is 249 cm³/mol. The van der Waals surface area contributed by atoms with Gasteiger partial charge in [-0.15, -0.1) is 0 Å². The van der Waals surface area contributed by atoms with Crippen molar-refractivity contribution in [3.63, 3.8) is 0 Å². The normalized spacial score (nSPS) is 23.3. The van der Waals surface area contributed by atoms with E-state index in [9.17, 15) is 55.1 Å². The van der Waals surface area contributed by atoms with Crippen LogP contribution in [0.15, 0.2) is 0 Å². The zero-order chi connectivity index (χ0) is 46.7. The summed E-state index contributed by atoms with van der Waals surface area (Å²) in [4.78, 5) is 23.6. The number of rotatable bonds is 43. The molecule has 1 aliphatic rings. The van der Waals surface area contributed by atoms with Crippen molar-refractivity contribution >= 4 is 13.7 Å². The van der Waals surface area contributed by atoms with Gasteiger partial charge >= 0.3 is 7.82 Å². The number of phosphoric ester groups is 1. The van der Waals surface area contributed by atoms with Crippen LogP contribution in [-0.4, -0.2) is 119 Å². The fourth-order valence-electron chi connectivity index (χ4n) is 8.54. The Balaban J connectivity index is 2.49. The molecule has 63 heavy (non-hydrogen) atoms. The lowest BCUT2D eigenvalue weighted by Gasteiger charge is -2.41. The van der Waals surface area contributed by atoms with Gasteiger partial charge in [0.15, 0.2) is 0 Å². The highest BCUT2D eigenvalue weighted by atomic mass is 31.2. The maximum absolute atomic E-state index is 13.1. The zero-order valence-corrected chi connectivity index (χ0v) is 40.5. The van der Waals surface area contributed by atoms with E-state index in [-0.39, 0.29) is 12.8 Å². The van der Waals surface area contributed by atoms with Crippen molar-refractivity contribution in [1.82, 2.24) is 5.32 Å². The molecule has 10 N–H and O–H groups in total. The summed E-state index contributed by atoms with van der Waals surface area (Å²) in [6, 6.07) is -1.47. The van der Waals surface area contributed by atoms with Crippen LogP contribution in [0.5, 0.6) is 0 Å². The fourth-order valence-corrected chi connectivity index (χ4v) is 9.51. The Bertz CT molecular complexity index is 1110. The number of carbonyl (C=O) groups is 1. The summed E-state index contributed by atoms with van der Waals surface area (Å²) in [5, 5.41) is 85.5. The quantitative estimate of drug-likeness (QED) is 0.0205. The molecule has 11 atom stereocenters. The Morgan fingerprint density at radius 2 is 0.794 bits per heavy atom. The summed E-state index contributed by atoms with van der Waals surface area (Å²) >= 11 is 0. The van der Waals surface area contributed by atoms with Gasteiger partial charge in [0.25, 0.3) is 0 Å². The van der Waals surface area contributed by atoms with Crippen LogP contribution in [0.3, 0.4) is 0 Å². The summed E-state index contributed by atoms with van der Waals surface area (Å²) in [6.45, 7) is 3.59. The number of unbranched alkanes of at least 4 members (excludes halogenated alkanes) is 30. The van der Waals surface area contributed by atoms with Crippen LogP contribution >= 0.6 is 7.82 Å². The van der Waals surface area contributed by atoms with Crippen molar-refractivity contribution in [1.29, 1.82) is 0 Å². The standard InChI is InChI=1S/C48H96NO13P/c1-3-5-7-9-11-13-15-17-18-19-20-21-22-23-24-26-28-30-32-34-36-40(51)48(58)49-38(37-61-63(59,60)62-47-45(56)43(54)42(53)44(55)46(47)57)41(52)39(50)35-33-31-29-27-25-16-14-12-10-8-6-4-2/h38-47,50-57H,3-37H2,1-2H3,(H,49,58)(H,59,60)/t38-,39-,40-,41-,42?,43-,44+,45+,46+,47?/m0/s1. The first-order valence-electron chi connectivity index (χ1n) is 25.7. The summed E-state index contributed by atoms with van der Waals surface area (Å²) < 4.78 is 22.9. The van der Waals surface area contributed by atoms with Gasteiger partial charge < -0.3 is 51.1 Å². The Labute approximate surface area is 382 Å². The Kier molecular flexibility index (Phi) is 36.6. The molecule has 0 aromatic carbocycles. The molecular weight excluding hydrogens is 829 g/mol. The third kappa shape index (κ3) is 28.9. The van der Waals surface area contributed by atoms with Gasteiger partial charge in [-0.1, -0.05) is 219 Å². The van der Waals surface area contributed by atoms with Crippen molar-refractivity contribution < 1.29 is 64.2 Å². The van der Waals surface area contributed by atoms with E-state index in [1.807, 2.05) is 0 Å². The molecular formula is C48H96NO13P. The number of hydrogen-bond donors (Lipinski definition) is 10. The Hall–Kier alpha value is -0.740. The SMILES string of the molecule is CCCCCCCCCCCCCCCCCCCCCC[C@H](O)C(=O)N[C@@H](COP(=O)(O)OC1[C@H](O)[C@H](O)C(O)[C@H](O)[C@H]1O)[C@H](O)[C@@H](O)CCCCCCCCCCCCCC. The first kappa shape index (κ1) is 60.3. The van der Waals surface area contributed by atoms with Gasteiger partial charge in [-0.3, -0.25) is 13.8 Å². The molecule has 15 heteroatoms. The molecule has 0 saturated heterocycles. The van der Waals surface area contributed by atoms with E-state index in [1.165, 1.54) is 141 Å². The van der Waals surface area contributed by atoms with Crippen LogP contribution < -0.4 is 5.32 Å². The number of aliphatic hydroxyl groups is 8. The molecule has 0 aromatic rings. The highest BCUT2D eigenvalue weighted by molar-refractivity contribution is 7.47. The largest absolute Gasteiger partial charge is 0.472 e. The highest BCUT2D eigenvalue weighted by Crippen LogP contribution is 2.47. The van der Waals surface area contributed by atoms with Crippen molar-refractivity contribution in [3.05, 3.63) is 0 Å². The topological polar surface area (TPSA) is 247 Å². The van der Waals surface area contributed by atoms with Crippen LogP contribution in [0.25, 0.3) is 0 Å². The molecule has 1 amide bonds. The minimum absolute atomic E-state index is 0.158. The van der Waals surface area contributed by atoms with Crippen molar-refractivity contribution in [3.8, 4) is 0 Å². The molecule has 376 valence electrons. The highest BCUT2D eigenvalue weighted by Gasteiger charge is 2.51. The first-order valence-corrected chi connectivity index (χ1v) is 27.2. The minimum atomic E-state index is -5.23. The molecule has 1 fully saturated rings. The molecule has 1 rings (SSSR count). The lowest BCUT2D eigenvalue weighted by Crippen LogP contribution is -2.64. The Morgan fingerprint density at radius 1 is 0.492 bits per heavy atom. The van der Waals surface area contributed by atoms with E-state index in [2.05, 4.69) is 19.2 Å². The number of amides is 1. The van der Waals surface area contributed by atoms with E-state index in [0.717, 1.165) is 51.4 Å². The van der Waals surface area contributed by atoms with Gasteiger partial charge in [-0.25, -0.2) is 4.57 Å². The van der Waals surface area contributed by atoms with E-state index in [4.69, 9.17) is 9.05 Å². The molecule has 0 bridgehead atoms. The third-order valence-corrected chi connectivity index (χ3v) is 13.9. The number of aliphatic hydroxyl groups excluding tert-OH is 8. The molecule has 1 aliphatic carbocycles. The average molecular weight is 926 g/mol. The fraction of sp³-hybridized carbons (Fsp3) is 0.979. The van der Waals surface area contributed by atoms with Crippen LogP contribution in [0, 0.1) is 0 Å².